The Kier molecular flexibility index (Phi) is 3.08. The summed E-state index contributed by atoms with van der Waals surface area (Å²) in [5, 5.41) is 0. The summed E-state index contributed by atoms with van der Waals surface area (Å²) in [5.41, 5.74) is 1.15. The molecule has 0 spiro atoms. The number of benzene rings is 1. The summed E-state index contributed by atoms with van der Waals surface area (Å²) in [5.74, 6) is -0.451. The molecule has 0 aliphatic rings. The monoisotopic (exact) mass is 254 g/mol. The summed E-state index contributed by atoms with van der Waals surface area (Å²) in [7, 11) is 0. The van der Waals surface area contributed by atoms with Gasteiger partial charge in [-0.2, -0.15) is 0 Å². The number of hydrogen-bond donors (Lipinski definition) is 0. The first-order chi connectivity index (χ1) is 7.58. The molecule has 1 heterocycles. The molecule has 0 saturated heterocycles. The summed E-state index contributed by atoms with van der Waals surface area (Å²) < 4.78 is 13.5. The minimum absolute atomic E-state index is 0.116. The molecule has 2 rings (SSSR count). The third kappa shape index (κ3) is 2.15. The molecule has 0 amide bonds. The van der Waals surface area contributed by atoms with Crippen LogP contribution >= 0.6 is 22.9 Å². The molecule has 0 saturated carbocycles. The summed E-state index contributed by atoms with van der Waals surface area (Å²) in [4.78, 5) is 12.6. The molecule has 1 nitrogen and oxygen atoms in total. The molecule has 0 radical (unpaired) electrons. The zero-order valence-electron chi connectivity index (χ0n) is 8.46. The molecule has 82 valence electrons. The van der Waals surface area contributed by atoms with Gasteiger partial charge in [-0.25, -0.2) is 4.39 Å². The first kappa shape index (κ1) is 11.3. The highest BCUT2D eigenvalue weighted by Gasteiger charge is 2.14. The predicted molar refractivity (Wildman–Crippen MR) is 63.9 cm³/mol. The molecule has 0 atom stereocenters. The molecule has 0 fully saturated rings. The van der Waals surface area contributed by atoms with Crippen molar-refractivity contribution in [3.05, 3.63) is 56.5 Å². The number of aryl methyl sites for hydroxylation is 1. The molecule has 0 aliphatic carbocycles. The molecule has 0 aliphatic heterocycles. The number of carbonyl (C=O) groups excluding carboxylic acids is 1. The molecular formula is C12H8ClFOS. The quantitative estimate of drug-likeness (QED) is 0.738. The lowest BCUT2D eigenvalue weighted by atomic mass is 10.0. The van der Waals surface area contributed by atoms with Gasteiger partial charge in [0.1, 0.15) is 5.82 Å². The average Bonchev–Trinajstić information content (AvgIpc) is 2.64. The Morgan fingerprint density at radius 3 is 2.62 bits per heavy atom. The zero-order chi connectivity index (χ0) is 11.7. The first-order valence-electron chi connectivity index (χ1n) is 4.64. The molecule has 1 aromatic heterocycles. The van der Waals surface area contributed by atoms with Gasteiger partial charge in [0.15, 0.2) is 0 Å². The van der Waals surface area contributed by atoms with Crippen molar-refractivity contribution in [2.45, 2.75) is 6.92 Å². The van der Waals surface area contributed by atoms with E-state index in [-0.39, 0.29) is 11.6 Å². The van der Waals surface area contributed by atoms with E-state index >= 15 is 0 Å². The second-order valence-corrected chi connectivity index (χ2v) is 5.11. The molecule has 0 bridgehead atoms. The minimum atomic E-state index is -0.335. The van der Waals surface area contributed by atoms with Crippen molar-refractivity contribution in [3.63, 3.8) is 0 Å². The van der Waals surface area contributed by atoms with Gasteiger partial charge in [0, 0.05) is 5.56 Å². The zero-order valence-corrected chi connectivity index (χ0v) is 10.0. The Morgan fingerprint density at radius 1 is 1.31 bits per heavy atom. The van der Waals surface area contributed by atoms with Crippen molar-refractivity contribution in [2.24, 2.45) is 0 Å². The summed E-state index contributed by atoms with van der Waals surface area (Å²) in [6.45, 7) is 1.71. The highest BCUT2D eigenvalue weighted by atomic mass is 35.5. The Labute approximate surface area is 101 Å². The maximum atomic E-state index is 12.9. The van der Waals surface area contributed by atoms with Crippen LogP contribution in [0.25, 0.3) is 0 Å². The number of thiophene rings is 1. The number of halogens is 2. The van der Waals surface area contributed by atoms with Crippen molar-refractivity contribution in [2.75, 3.05) is 0 Å². The highest BCUT2D eigenvalue weighted by molar-refractivity contribution is 7.18. The van der Waals surface area contributed by atoms with Gasteiger partial charge >= 0.3 is 0 Å². The largest absolute Gasteiger partial charge is 0.288 e. The fourth-order valence-corrected chi connectivity index (χ4v) is 2.45. The molecule has 1 aromatic carbocycles. The lowest BCUT2D eigenvalue weighted by molar-refractivity contribution is 0.104. The second kappa shape index (κ2) is 4.36. The van der Waals surface area contributed by atoms with Crippen LogP contribution in [0.4, 0.5) is 4.39 Å². The van der Waals surface area contributed by atoms with Gasteiger partial charge in [-0.05, 0) is 42.8 Å². The molecular weight excluding hydrogens is 247 g/mol. The number of rotatable bonds is 2. The fraction of sp³-hybridized carbons (Fsp3) is 0.0833. The van der Waals surface area contributed by atoms with Crippen LogP contribution in [-0.4, -0.2) is 5.78 Å². The molecule has 2 aromatic rings. The lowest BCUT2D eigenvalue weighted by Crippen LogP contribution is -2.01. The van der Waals surface area contributed by atoms with E-state index < -0.39 is 0 Å². The SMILES string of the molecule is Cc1cc(F)ccc1C(=O)c1ccc(Cl)s1. The smallest absolute Gasteiger partial charge is 0.203 e. The predicted octanol–water partition coefficient (Wildman–Crippen LogP) is 4.08. The van der Waals surface area contributed by atoms with Crippen LogP contribution in [0.3, 0.4) is 0 Å². The average molecular weight is 255 g/mol. The maximum absolute atomic E-state index is 12.9. The maximum Gasteiger partial charge on any atom is 0.203 e. The van der Waals surface area contributed by atoms with Crippen LogP contribution in [0, 0.1) is 12.7 Å². The third-order valence-electron chi connectivity index (χ3n) is 2.23. The van der Waals surface area contributed by atoms with Crippen LogP contribution in [-0.2, 0) is 0 Å². The van der Waals surface area contributed by atoms with E-state index in [0.29, 0.717) is 20.3 Å². The van der Waals surface area contributed by atoms with Gasteiger partial charge in [0.25, 0.3) is 0 Å². The fourth-order valence-electron chi connectivity index (χ4n) is 1.45. The Morgan fingerprint density at radius 2 is 2.06 bits per heavy atom. The number of carbonyl (C=O) groups is 1. The minimum Gasteiger partial charge on any atom is -0.288 e. The van der Waals surface area contributed by atoms with Crippen LogP contribution in [0.2, 0.25) is 4.34 Å². The van der Waals surface area contributed by atoms with Crippen molar-refractivity contribution in [3.8, 4) is 0 Å². The number of ketones is 1. The van der Waals surface area contributed by atoms with E-state index in [1.165, 1.54) is 29.5 Å². The van der Waals surface area contributed by atoms with E-state index in [9.17, 15) is 9.18 Å². The Balaban J connectivity index is 2.41. The lowest BCUT2D eigenvalue weighted by Gasteiger charge is -2.02. The van der Waals surface area contributed by atoms with Crippen LogP contribution in [0.5, 0.6) is 0 Å². The van der Waals surface area contributed by atoms with E-state index in [2.05, 4.69) is 0 Å². The standard InChI is InChI=1S/C12H8ClFOS/c1-7-6-8(14)2-3-9(7)12(15)10-4-5-11(13)16-10/h2-6H,1H3. The second-order valence-electron chi connectivity index (χ2n) is 3.39. The topological polar surface area (TPSA) is 17.1 Å². The van der Waals surface area contributed by atoms with Crippen LogP contribution < -0.4 is 0 Å². The van der Waals surface area contributed by atoms with E-state index in [4.69, 9.17) is 11.6 Å². The first-order valence-corrected chi connectivity index (χ1v) is 5.83. The molecule has 4 heteroatoms. The summed E-state index contributed by atoms with van der Waals surface area (Å²) in [6.07, 6.45) is 0. The van der Waals surface area contributed by atoms with Crippen molar-refractivity contribution in [1.82, 2.24) is 0 Å². The molecule has 0 unspecified atom stereocenters. The van der Waals surface area contributed by atoms with Gasteiger partial charge < -0.3 is 0 Å². The van der Waals surface area contributed by atoms with Gasteiger partial charge in [-0.15, -0.1) is 11.3 Å². The van der Waals surface area contributed by atoms with Gasteiger partial charge in [0.05, 0.1) is 9.21 Å². The van der Waals surface area contributed by atoms with E-state index in [1.54, 1.807) is 19.1 Å². The van der Waals surface area contributed by atoms with Gasteiger partial charge in [-0.1, -0.05) is 11.6 Å². The summed E-state index contributed by atoms with van der Waals surface area (Å²) >= 11 is 6.99. The molecule has 16 heavy (non-hydrogen) atoms. The van der Waals surface area contributed by atoms with E-state index in [0.717, 1.165) is 0 Å². The summed E-state index contributed by atoms with van der Waals surface area (Å²) in [6, 6.07) is 7.50. The Bertz CT molecular complexity index is 548. The highest BCUT2D eigenvalue weighted by Crippen LogP contribution is 2.25. The van der Waals surface area contributed by atoms with Crippen molar-refractivity contribution >= 4 is 28.7 Å². The third-order valence-corrected chi connectivity index (χ3v) is 3.46. The Hall–Kier alpha value is -1.19. The van der Waals surface area contributed by atoms with E-state index in [1.807, 2.05) is 0 Å². The van der Waals surface area contributed by atoms with Crippen LogP contribution in [0.15, 0.2) is 30.3 Å². The molecule has 0 N–H and O–H groups in total. The van der Waals surface area contributed by atoms with Gasteiger partial charge in [0.2, 0.25) is 5.78 Å². The van der Waals surface area contributed by atoms with Crippen LogP contribution in [0.1, 0.15) is 20.8 Å². The number of hydrogen-bond acceptors (Lipinski definition) is 2. The van der Waals surface area contributed by atoms with Crippen molar-refractivity contribution in [1.29, 1.82) is 0 Å². The van der Waals surface area contributed by atoms with Crippen molar-refractivity contribution < 1.29 is 9.18 Å². The van der Waals surface area contributed by atoms with Gasteiger partial charge in [-0.3, -0.25) is 4.79 Å². The normalized spacial score (nSPS) is 10.4.